The zero-order chi connectivity index (χ0) is 27.1. The van der Waals surface area contributed by atoms with Crippen LogP contribution in [0.2, 0.25) is 5.02 Å². The van der Waals surface area contributed by atoms with E-state index in [-0.39, 0.29) is 36.5 Å². The fraction of sp³-hybridized carbons (Fsp3) is 0.444. The molecule has 4 amide bonds. The minimum Gasteiger partial charge on any atom is -0.491 e. The second kappa shape index (κ2) is 12.8. The van der Waals surface area contributed by atoms with Crippen molar-refractivity contribution in [2.75, 3.05) is 44.5 Å². The van der Waals surface area contributed by atoms with Crippen LogP contribution in [0.3, 0.4) is 0 Å². The summed E-state index contributed by atoms with van der Waals surface area (Å²) in [4.78, 5) is 42.1. The smallest absolute Gasteiger partial charge is 0.323 e. The highest BCUT2D eigenvalue weighted by Gasteiger charge is 2.30. The maximum Gasteiger partial charge on any atom is 0.323 e. The number of halogens is 1. The van der Waals surface area contributed by atoms with Crippen LogP contribution in [0.4, 0.5) is 16.2 Å². The zero-order valence-corrected chi connectivity index (χ0v) is 22.7. The minimum atomic E-state index is -0.465. The lowest BCUT2D eigenvalue weighted by atomic mass is 10.0. The molecule has 0 spiro atoms. The van der Waals surface area contributed by atoms with E-state index in [2.05, 4.69) is 10.6 Å². The van der Waals surface area contributed by atoms with Gasteiger partial charge in [-0.25, -0.2) is 4.79 Å². The lowest BCUT2D eigenvalue weighted by molar-refractivity contribution is -0.135. The number of nitrogens with zero attached hydrogens (tertiary/aromatic N) is 2. The summed E-state index contributed by atoms with van der Waals surface area (Å²) in [5.41, 5.74) is 1.30. The van der Waals surface area contributed by atoms with E-state index in [9.17, 15) is 14.4 Å². The first kappa shape index (κ1) is 28.3. The van der Waals surface area contributed by atoms with Crippen molar-refractivity contribution >= 4 is 40.8 Å². The lowest BCUT2D eigenvalue weighted by Crippen LogP contribution is -2.48. The van der Waals surface area contributed by atoms with Crippen molar-refractivity contribution < 1.29 is 23.9 Å². The Labute approximate surface area is 223 Å². The summed E-state index contributed by atoms with van der Waals surface area (Å²) in [6.07, 6.45) is 0.111. The summed E-state index contributed by atoms with van der Waals surface area (Å²) in [6, 6.07) is 11.0. The summed E-state index contributed by atoms with van der Waals surface area (Å²) in [5.74, 6) is 0.131. The second-order valence-electron chi connectivity index (χ2n) is 9.29. The van der Waals surface area contributed by atoms with Crippen molar-refractivity contribution in [1.29, 1.82) is 0 Å². The number of carbonyl (C=O) groups is 3. The van der Waals surface area contributed by atoms with Crippen LogP contribution in [0, 0.1) is 5.92 Å². The third-order valence-electron chi connectivity index (χ3n) is 6.43. The van der Waals surface area contributed by atoms with E-state index in [0.717, 1.165) is 0 Å². The molecule has 2 aromatic carbocycles. The quantitative estimate of drug-likeness (QED) is 0.595. The molecular weight excluding hydrogens is 496 g/mol. The summed E-state index contributed by atoms with van der Waals surface area (Å²) < 4.78 is 11.8. The van der Waals surface area contributed by atoms with Crippen LogP contribution in [0.1, 0.15) is 37.6 Å². The number of methoxy groups -OCH3 is 1. The number of benzene rings is 2. The van der Waals surface area contributed by atoms with Crippen molar-refractivity contribution in [2.24, 2.45) is 5.92 Å². The number of carbonyl (C=O) groups excluding carboxylic acids is 3. The van der Waals surface area contributed by atoms with Crippen LogP contribution in [0.25, 0.3) is 0 Å². The Balaban J connectivity index is 1.88. The molecule has 0 saturated heterocycles. The van der Waals surface area contributed by atoms with E-state index < -0.39 is 6.03 Å². The predicted molar refractivity (Wildman–Crippen MR) is 144 cm³/mol. The van der Waals surface area contributed by atoms with Gasteiger partial charge in [0.05, 0.1) is 17.7 Å². The first-order chi connectivity index (χ1) is 17.6. The Morgan fingerprint density at radius 1 is 1.08 bits per heavy atom. The number of hydrogen-bond acceptors (Lipinski definition) is 5. The molecule has 1 heterocycles. The maximum atomic E-state index is 13.5. The number of likely N-dealkylation sites (N-methyl/N-ethyl adjacent to an activating group) is 1. The van der Waals surface area contributed by atoms with E-state index in [1.807, 2.05) is 25.7 Å². The van der Waals surface area contributed by atoms with Gasteiger partial charge in [-0.3, -0.25) is 9.59 Å². The third kappa shape index (κ3) is 7.36. The molecule has 0 saturated carbocycles. The number of rotatable bonds is 4. The second-order valence-corrected chi connectivity index (χ2v) is 9.73. The third-order valence-corrected chi connectivity index (χ3v) is 6.68. The summed E-state index contributed by atoms with van der Waals surface area (Å²) in [6.45, 7) is 6.81. The van der Waals surface area contributed by atoms with Crippen LogP contribution >= 0.6 is 11.6 Å². The highest BCUT2D eigenvalue weighted by atomic mass is 35.5. The lowest BCUT2D eigenvalue weighted by Gasteiger charge is -2.36. The Morgan fingerprint density at radius 2 is 1.73 bits per heavy atom. The molecular formula is C27H35ClN4O5. The van der Waals surface area contributed by atoms with E-state index >= 15 is 0 Å². The molecule has 9 nitrogen and oxygen atoms in total. The molecule has 3 rings (SSSR count). The van der Waals surface area contributed by atoms with Crippen molar-refractivity contribution in [2.45, 2.75) is 39.3 Å². The van der Waals surface area contributed by atoms with Gasteiger partial charge in [-0.1, -0.05) is 25.4 Å². The molecule has 10 heteroatoms. The van der Waals surface area contributed by atoms with Gasteiger partial charge in [0.2, 0.25) is 5.91 Å². The molecule has 200 valence electrons. The molecule has 1 aliphatic rings. The van der Waals surface area contributed by atoms with Crippen LogP contribution in [-0.4, -0.2) is 73.6 Å². The van der Waals surface area contributed by atoms with Gasteiger partial charge in [-0.15, -0.1) is 0 Å². The van der Waals surface area contributed by atoms with Crippen LogP contribution in [0.5, 0.6) is 5.75 Å². The van der Waals surface area contributed by atoms with E-state index in [0.29, 0.717) is 47.2 Å². The average molecular weight is 531 g/mol. The van der Waals surface area contributed by atoms with Crippen LogP contribution in [-0.2, 0) is 9.53 Å². The topological polar surface area (TPSA) is 100 Å². The normalized spacial score (nSPS) is 20.7. The first-order valence-electron chi connectivity index (χ1n) is 12.3. The molecule has 0 radical (unpaired) electrons. The van der Waals surface area contributed by atoms with Gasteiger partial charge in [-0.2, -0.15) is 0 Å². The number of ether oxygens (including phenoxy) is 2. The van der Waals surface area contributed by atoms with Crippen molar-refractivity contribution in [3.63, 3.8) is 0 Å². The average Bonchev–Trinajstić information content (AvgIpc) is 2.88. The van der Waals surface area contributed by atoms with Gasteiger partial charge in [0, 0.05) is 56.0 Å². The van der Waals surface area contributed by atoms with Gasteiger partial charge in [-0.05, 0) is 49.4 Å². The van der Waals surface area contributed by atoms with E-state index in [1.165, 1.54) is 0 Å². The van der Waals surface area contributed by atoms with Crippen LogP contribution in [0.15, 0.2) is 42.5 Å². The van der Waals surface area contributed by atoms with E-state index in [4.69, 9.17) is 21.1 Å². The van der Waals surface area contributed by atoms with Gasteiger partial charge in [0.15, 0.2) is 0 Å². The molecule has 0 bridgehead atoms. The molecule has 0 aliphatic carbocycles. The number of anilines is 2. The highest BCUT2D eigenvalue weighted by Crippen LogP contribution is 2.27. The Bertz CT molecular complexity index is 1110. The van der Waals surface area contributed by atoms with Gasteiger partial charge >= 0.3 is 6.03 Å². The standard InChI is InChI=1S/C27H35ClN4O5/c1-6-25(33)32-14-17(2)24(36-5)15-31(4)26(34)22-13-21(11-12-23(22)37-16-18(32)3)30-27(35)29-20-9-7-19(28)8-10-20/h7-13,17-18,24H,6,14-16H2,1-5H3,(H2,29,30,35)/t17-,18+,24+/m1/s1. The largest absolute Gasteiger partial charge is 0.491 e. The number of fused-ring (bicyclic) bond motifs is 1. The molecule has 37 heavy (non-hydrogen) atoms. The number of nitrogens with one attached hydrogen (secondary N) is 2. The number of amides is 4. The van der Waals surface area contributed by atoms with E-state index in [1.54, 1.807) is 61.5 Å². The van der Waals surface area contributed by atoms with Crippen molar-refractivity contribution in [1.82, 2.24) is 9.80 Å². The minimum absolute atomic E-state index is 0.0124. The number of hydrogen-bond donors (Lipinski definition) is 2. The molecule has 2 aromatic rings. The van der Waals surface area contributed by atoms with Crippen molar-refractivity contribution in [3.8, 4) is 5.75 Å². The van der Waals surface area contributed by atoms with Gasteiger partial charge < -0.3 is 29.9 Å². The summed E-state index contributed by atoms with van der Waals surface area (Å²) >= 11 is 5.90. The Kier molecular flexibility index (Phi) is 9.77. The molecule has 1 aliphatic heterocycles. The number of urea groups is 1. The van der Waals surface area contributed by atoms with Crippen molar-refractivity contribution in [3.05, 3.63) is 53.1 Å². The SMILES string of the molecule is CCC(=O)N1C[C@@H](C)[C@@H](OC)CN(C)C(=O)c2cc(NC(=O)Nc3ccc(Cl)cc3)ccc2OC[C@@H]1C. The Hall–Kier alpha value is -3.30. The molecule has 2 N–H and O–H groups in total. The summed E-state index contributed by atoms with van der Waals surface area (Å²) in [5, 5.41) is 6.05. The predicted octanol–water partition coefficient (Wildman–Crippen LogP) is 4.73. The zero-order valence-electron chi connectivity index (χ0n) is 21.9. The van der Waals surface area contributed by atoms with Gasteiger partial charge in [0.1, 0.15) is 12.4 Å². The van der Waals surface area contributed by atoms with Gasteiger partial charge in [0.25, 0.3) is 5.91 Å². The molecule has 0 aromatic heterocycles. The highest BCUT2D eigenvalue weighted by molar-refractivity contribution is 6.30. The fourth-order valence-electron chi connectivity index (χ4n) is 4.23. The monoisotopic (exact) mass is 530 g/mol. The summed E-state index contributed by atoms with van der Waals surface area (Å²) in [7, 11) is 3.31. The maximum absolute atomic E-state index is 13.5. The molecule has 0 unspecified atom stereocenters. The molecule has 0 fully saturated rings. The fourth-order valence-corrected chi connectivity index (χ4v) is 4.36. The molecule has 3 atom stereocenters. The Morgan fingerprint density at radius 3 is 2.38 bits per heavy atom. The first-order valence-corrected chi connectivity index (χ1v) is 12.7. The van der Waals surface area contributed by atoms with Crippen LogP contribution < -0.4 is 15.4 Å².